The van der Waals surface area contributed by atoms with Gasteiger partial charge in [0.15, 0.2) is 0 Å². The van der Waals surface area contributed by atoms with Crippen LogP contribution in [0.4, 0.5) is 24.5 Å². The highest BCUT2D eigenvalue weighted by molar-refractivity contribution is 6.04. The van der Waals surface area contributed by atoms with E-state index < -0.39 is 17.7 Å². The molecule has 0 aromatic heterocycles. The summed E-state index contributed by atoms with van der Waals surface area (Å²) in [5.41, 5.74) is -0.145. The Balaban J connectivity index is 1.80. The van der Waals surface area contributed by atoms with Crippen molar-refractivity contribution in [1.82, 2.24) is 0 Å². The first-order valence-corrected chi connectivity index (χ1v) is 8.60. The fraction of sp³-hybridized carbons (Fsp3) is 0.300. The second kappa shape index (κ2) is 7.53. The first-order chi connectivity index (χ1) is 13.2. The van der Waals surface area contributed by atoms with E-state index in [1.54, 1.807) is 31.3 Å². The maximum absolute atomic E-state index is 12.9. The number of carbonyl (C=O) groups is 2. The van der Waals surface area contributed by atoms with Gasteiger partial charge in [0.25, 0.3) is 0 Å². The van der Waals surface area contributed by atoms with Gasteiger partial charge < -0.3 is 14.5 Å². The molecule has 1 saturated heterocycles. The van der Waals surface area contributed by atoms with Crippen LogP contribution in [0.2, 0.25) is 0 Å². The van der Waals surface area contributed by atoms with Crippen LogP contribution in [0.15, 0.2) is 48.5 Å². The zero-order valence-corrected chi connectivity index (χ0v) is 15.4. The van der Waals surface area contributed by atoms with E-state index in [0.29, 0.717) is 11.4 Å². The van der Waals surface area contributed by atoms with Gasteiger partial charge in [-0.3, -0.25) is 9.59 Å². The maximum atomic E-state index is 12.9. The summed E-state index contributed by atoms with van der Waals surface area (Å²) in [6.07, 6.45) is -4.56. The number of halogens is 3. The van der Waals surface area contributed by atoms with Crippen molar-refractivity contribution in [2.24, 2.45) is 5.92 Å². The Kier molecular flexibility index (Phi) is 5.31. The molecule has 0 aliphatic carbocycles. The maximum Gasteiger partial charge on any atom is 0.416 e. The van der Waals surface area contributed by atoms with E-state index in [4.69, 9.17) is 4.74 Å². The molecule has 1 fully saturated rings. The summed E-state index contributed by atoms with van der Waals surface area (Å²) < 4.78 is 44.1. The van der Waals surface area contributed by atoms with Crippen molar-refractivity contribution in [1.29, 1.82) is 0 Å². The number of nitrogens with zero attached hydrogens (tertiary/aromatic N) is 2. The highest BCUT2D eigenvalue weighted by Crippen LogP contribution is 2.34. The van der Waals surface area contributed by atoms with Crippen LogP contribution < -0.4 is 14.5 Å². The number of rotatable bonds is 4. The van der Waals surface area contributed by atoms with Gasteiger partial charge in [-0.25, -0.2) is 0 Å². The van der Waals surface area contributed by atoms with Gasteiger partial charge in [-0.2, -0.15) is 13.2 Å². The fourth-order valence-electron chi connectivity index (χ4n) is 3.27. The molecule has 2 aromatic carbocycles. The Hall–Kier alpha value is -3.03. The lowest BCUT2D eigenvalue weighted by Crippen LogP contribution is -2.35. The molecule has 1 aliphatic heterocycles. The van der Waals surface area contributed by atoms with Gasteiger partial charge >= 0.3 is 6.18 Å². The van der Waals surface area contributed by atoms with Crippen molar-refractivity contribution in [3.63, 3.8) is 0 Å². The Morgan fingerprint density at radius 3 is 2.57 bits per heavy atom. The number of para-hydroxylation sites is 2. The molecule has 1 heterocycles. The average Bonchev–Trinajstić information content (AvgIpc) is 3.08. The average molecular weight is 392 g/mol. The largest absolute Gasteiger partial charge is 0.495 e. The minimum Gasteiger partial charge on any atom is -0.495 e. The minimum atomic E-state index is -4.50. The van der Waals surface area contributed by atoms with Crippen molar-refractivity contribution in [2.75, 3.05) is 30.5 Å². The number of ether oxygens (including phenoxy) is 1. The summed E-state index contributed by atoms with van der Waals surface area (Å²) in [5.74, 6) is -0.826. The zero-order chi connectivity index (χ0) is 20.5. The molecule has 0 spiro atoms. The van der Waals surface area contributed by atoms with E-state index in [0.717, 1.165) is 12.1 Å². The van der Waals surface area contributed by atoms with Crippen LogP contribution >= 0.6 is 0 Å². The number of hydrogen-bond donors (Lipinski definition) is 0. The van der Waals surface area contributed by atoms with Crippen LogP contribution in [0.5, 0.6) is 5.75 Å². The van der Waals surface area contributed by atoms with Gasteiger partial charge in [0, 0.05) is 25.7 Å². The van der Waals surface area contributed by atoms with Gasteiger partial charge in [-0.15, -0.1) is 0 Å². The van der Waals surface area contributed by atoms with E-state index in [1.165, 1.54) is 29.0 Å². The Bertz CT molecular complexity index is 898. The van der Waals surface area contributed by atoms with E-state index in [-0.39, 0.29) is 30.5 Å². The molecule has 1 aliphatic rings. The fourth-order valence-corrected chi connectivity index (χ4v) is 3.27. The minimum absolute atomic E-state index is 0.0263. The Morgan fingerprint density at radius 1 is 1.18 bits per heavy atom. The number of hydrogen-bond acceptors (Lipinski definition) is 3. The summed E-state index contributed by atoms with van der Waals surface area (Å²) in [6, 6.07) is 11.5. The molecule has 1 unspecified atom stereocenters. The van der Waals surface area contributed by atoms with Crippen molar-refractivity contribution in [3.8, 4) is 5.75 Å². The Morgan fingerprint density at radius 2 is 1.89 bits per heavy atom. The van der Waals surface area contributed by atoms with E-state index >= 15 is 0 Å². The molecule has 0 bridgehead atoms. The monoisotopic (exact) mass is 392 g/mol. The molecule has 1 atom stereocenters. The lowest BCUT2D eigenvalue weighted by atomic mass is 10.1. The highest BCUT2D eigenvalue weighted by atomic mass is 19.4. The molecular formula is C20H19F3N2O3. The smallest absolute Gasteiger partial charge is 0.416 e. The third-order valence-corrected chi connectivity index (χ3v) is 4.74. The van der Waals surface area contributed by atoms with Crippen LogP contribution in [0.3, 0.4) is 0 Å². The Labute approximate surface area is 160 Å². The molecular weight excluding hydrogens is 373 g/mol. The standard InChI is InChI=1S/C20H19F3N2O3/c1-24(16-8-3-4-9-17(16)28-2)19(27)13-10-18(26)25(12-13)15-7-5-6-14(11-15)20(21,22)23/h3-9,11,13H,10,12H2,1-2H3. The molecule has 2 amide bonds. The molecule has 3 rings (SSSR count). The third-order valence-electron chi connectivity index (χ3n) is 4.74. The summed E-state index contributed by atoms with van der Waals surface area (Å²) in [4.78, 5) is 27.9. The number of amides is 2. The van der Waals surface area contributed by atoms with Crippen molar-refractivity contribution in [3.05, 3.63) is 54.1 Å². The molecule has 0 N–H and O–H groups in total. The molecule has 0 saturated carbocycles. The molecule has 8 heteroatoms. The van der Waals surface area contributed by atoms with Crippen LogP contribution in [0.25, 0.3) is 0 Å². The molecule has 28 heavy (non-hydrogen) atoms. The van der Waals surface area contributed by atoms with E-state index in [2.05, 4.69) is 0 Å². The highest BCUT2D eigenvalue weighted by Gasteiger charge is 2.38. The summed E-state index contributed by atoms with van der Waals surface area (Å²) >= 11 is 0. The molecule has 2 aromatic rings. The number of anilines is 2. The van der Waals surface area contributed by atoms with Crippen LogP contribution in [-0.2, 0) is 15.8 Å². The number of benzene rings is 2. The number of methoxy groups -OCH3 is 1. The van der Waals surface area contributed by atoms with Gasteiger partial charge in [-0.05, 0) is 30.3 Å². The van der Waals surface area contributed by atoms with Gasteiger partial charge in [0.1, 0.15) is 5.75 Å². The number of carbonyl (C=O) groups excluding carboxylic acids is 2. The lowest BCUT2D eigenvalue weighted by Gasteiger charge is -2.23. The molecule has 5 nitrogen and oxygen atoms in total. The summed E-state index contributed by atoms with van der Waals surface area (Å²) in [5, 5.41) is 0. The van der Waals surface area contributed by atoms with Crippen LogP contribution in [0.1, 0.15) is 12.0 Å². The van der Waals surface area contributed by atoms with Crippen molar-refractivity contribution < 1.29 is 27.5 Å². The lowest BCUT2D eigenvalue weighted by molar-refractivity contribution is -0.137. The predicted molar refractivity (Wildman–Crippen MR) is 98.3 cm³/mol. The van der Waals surface area contributed by atoms with Gasteiger partial charge in [0.2, 0.25) is 11.8 Å². The van der Waals surface area contributed by atoms with Crippen molar-refractivity contribution >= 4 is 23.2 Å². The summed E-state index contributed by atoms with van der Waals surface area (Å²) in [6.45, 7) is 0.0263. The molecule has 148 valence electrons. The molecule has 0 radical (unpaired) electrons. The predicted octanol–water partition coefficient (Wildman–Crippen LogP) is 3.73. The quantitative estimate of drug-likeness (QED) is 0.797. The second-order valence-corrected chi connectivity index (χ2v) is 6.52. The SMILES string of the molecule is COc1ccccc1N(C)C(=O)C1CC(=O)N(c2cccc(C(F)(F)F)c2)C1. The topological polar surface area (TPSA) is 49.9 Å². The third kappa shape index (κ3) is 3.81. The number of alkyl halides is 3. The van der Waals surface area contributed by atoms with Gasteiger partial charge in [0.05, 0.1) is 24.3 Å². The van der Waals surface area contributed by atoms with Crippen LogP contribution in [0, 0.1) is 5.92 Å². The normalized spacial score (nSPS) is 17.0. The van der Waals surface area contributed by atoms with Gasteiger partial charge in [-0.1, -0.05) is 18.2 Å². The second-order valence-electron chi connectivity index (χ2n) is 6.52. The summed E-state index contributed by atoms with van der Waals surface area (Å²) in [7, 11) is 3.07. The van der Waals surface area contributed by atoms with Crippen molar-refractivity contribution in [2.45, 2.75) is 12.6 Å². The van der Waals surface area contributed by atoms with E-state index in [1.807, 2.05) is 0 Å². The van der Waals surface area contributed by atoms with Crippen LogP contribution in [-0.4, -0.2) is 32.5 Å². The van der Waals surface area contributed by atoms with E-state index in [9.17, 15) is 22.8 Å². The zero-order valence-electron chi connectivity index (χ0n) is 15.4. The first-order valence-electron chi connectivity index (χ1n) is 8.60. The first kappa shape index (κ1) is 19.7.